The van der Waals surface area contributed by atoms with Gasteiger partial charge in [0.25, 0.3) is 11.8 Å². The number of aliphatic hydroxyl groups excluding tert-OH is 1. The zero-order chi connectivity index (χ0) is 30.7. The zero-order valence-corrected chi connectivity index (χ0v) is 25.6. The Morgan fingerprint density at radius 1 is 1.07 bits per heavy atom. The van der Waals surface area contributed by atoms with Crippen LogP contribution in [0.15, 0.2) is 78.9 Å². The fraction of sp³-hybridized carbons (Fsp3) is 0.371. The van der Waals surface area contributed by atoms with Crippen molar-refractivity contribution >= 4 is 22.7 Å². The van der Waals surface area contributed by atoms with Crippen molar-refractivity contribution in [2.75, 3.05) is 33.9 Å². The average molecular weight is 584 g/mol. The van der Waals surface area contributed by atoms with Gasteiger partial charge in [0.15, 0.2) is 6.10 Å². The van der Waals surface area contributed by atoms with Crippen molar-refractivity contribution in [2.24, 2.45) is 13.0 Å². The normalized spacial score (nSPS) is 18.8. The molecule has 0 aliphatic carbocycles. The van der Waals surface area contributed by atoms with Crippen molar-refractivity contribution in [3.05, 3.63) is 95.7 Å². The van der Waals surface area contributed by atoms with Crippen LogP contribution in [0, 0.1) is 5.92 Å². The van der Waals surface area contributed by atoms with E-state index < -0.39 is 18.2 Å². The monoisotopic (exact) mass is 583 g/mol. The highest BCUT2D eigenvalue weighted by atomic mass is 16.5. The summed E-state index contributed by atoms with van der Waals surface area (Å²) in [6, 6.07) is 25.1. The second kappa shape index (κ2) is 13.1. The third-order valence-electron chi connectivity index (χ3n) is 8.62. The molecule has 0 spiro atoms. The van der Waals surface area contributed by atoms with Crippen molar-refractivity contribution in [2.45, 2.75) is 38.7 Å². The van der Waals surface area contributed by atoms with Gasteiger partial charge in [-0.25, -0.2) is 0 Å². The minimum absolute atomic E-state index is 0.148. The first-order valence-corrected chi connectivity index (χ1v) is 14.8. The number of amides is 2. The van der Waals surface area contributed by atoms with Gasteiger partial charge in [-0.3, -0.25) is 9.59 Å². The molecule has 1 aliphatic heterocycles. The number of methoxy groups -OCH3 is 1. The molecule has 1 N–H and O–H groups in total. The standard InChI is InChI=1S/C35H41N3O5/c1-23-19-38(24(2)21-39)34(40)32-31(28-17-11-12-18-29(28)37(32)4)27-16-10-9-15-26(27)22-43-30(23)20-36(3)35(41)33(42-5)25-13-7-6-8-14-25/h6-18,23-24,30,33,39H,19-22H2,1-5H3/t23-,24+,30-,33+/m0/s1. The van der Waals surface area contributed by atoms with E-state index in [-0.39, 0.29) is 24.3 Å². The number of hydrogen-bond donors (Lipinski definition) is 1. The summed E-state index contributed by atoms with van der Waals surface area (Å²) in [6.45, 7) is 4.67. The van der Waals surface area contributed by atoms with Crippen LogP contribution in [0.5, 0.6) is 0 Å². The van der Waals surface area contributed by atoms with Crippen LogP contribution in [0.25, 0.3) is 22.0 Å². The van der Waals surface area contributed by atoms with E-state index in [1.165, 1.54) is 7.11 Å². The van der Waals surface area contributed by atoms with Gasteiger partial charge >= 0.3 is 0 Å². The first-order chi connectivity index (χ1) is 20.8. The molecule has 3 aromatic carbocycles. The number of fused-ring (bicyclic) bond motifs is 5. The molecule has 2 heterocycles. The van der Waals surface area contributed by atoms with Gasteiger partial charge in [0.05, 0.1) is 25.4 Å². The average Bonchev–Trinajstić information content (AvgIpc) is 3.32. The summed E-state index contributed by atoms with van der Waals surface area (Å²) in [5, 5.41) is 11.2. The molecule has 5 rings (SSSR count). The predicted molar refractivity (Wildman–Crippen MR) is 168 cm³/mol. The van der Waals surface area contributed by atoms with Crippen LogP contribution >= 0.6 is 0 Å². The summed E-state index contributed by atoms with van der Waals surface area (Å²) in [6.07, 6.45) is -1.13. The number of benzene rings is 3. The maximum atomic E-state index is 14.5. The largest absolute Gasteiger partial charge is 0.394 e. The molecule has 0 fully saturated rings. The van der Waals surface area contributed by atoms with Gasteiger partial charge < -0.3 is 28.9 Å². The summed E-state index contributed by atoms with van der Waals surface area (Å²) in [5.74, 6) is -0.477. The minimum atomic E-state index is -0.736. The first-order valence-electron chi connectivity index (χ1n) is 14.8. The highest BCUT2D eigenvalue weighted by Crippen LogP contribution is 2.38. The molecule has 8 nitrogen and oxygen atoms in total. The van der Waals surface area contributed by atoms with Crippen LogP contribution in [0.3, 0.4) is 0 Å². The Morgan fingerprint density at radius 2 is 1.74 bits per heavy atom. The van der Waals surface area contributed by atoms with Gasteiger partial charge in [-0.05, 0) is 29.7 Å². The van der Waals surface area contributed by atoms with E-state index in [0.717, 1.165) is 33.2 Å². The van der Waals surface area contributed by atoms with Gasteiger partial charge in [-0.2, -0.15) is 0 Å². The molecule has 1 aliphatic rings. The number of para-hydroxylation sites is 1. The first kappa shape index (κ1) is 30.5. The Kier molecular flexibility index (Phi) is 9.30. The third-order valence-corrected chi connectivity index (χ3v) is 8.62. The Hall–Kier alpha value is -3.98. The van der Waals surface area contributed by atoms with Gasteiger partial charge in [0, 0.05) is 56.7 Å². The molecule has 0 bridgehead atoms. The predicted octanol–water partition coefficient (Wildman–Crippen LogP) is 5.05. The quantitative estimate of drug-likeness (QED) is 0.329. The van der Waals surface area contributed by atoms with E-state index >= 15 is 0 Å². The second-order valence-corrected chi connectivity index (χ2v) is 11.5. The van der Waals surface area contributed by atoms with Gasteiger partial charge in [-0.15, -0.1) is 0 Å². The summed E-state index contributed by atoms with van der Waals surface area (Å²) in [5.41, 5.74) is 5.08. The van der Waals surface area contributed by atoms with E-state index in [0.29, 0.717) is 25.4 Å². The number of likely N-dealkylation sites (N-methyl/N-ethyl adjacent to an activating group) is 1. The number of rotatable bonds is 7. The smallest absolute Gasteiger partial charge is 0.271 e. The number of aromatic nitrogens is 1. The maximum absolute atomic E-state index is 14.5. The molecule has 0 saturated heterocycles. The summed E-state index contributed by atoms with van der Waals surface area (Å²) in [4.78, 5) is 31.5. The number of aliphatic hydroxyl groups is 1. The van der Waals surface area contributed by atoms with Gasteiger partial charge in [-0.1, -0.05) is 79.7 Å². The lowest BCUT2D eigenvalue weighted by Gasteiger charge is -2.35. The lowest BCUT2D eigenvalue weighted by Crippen LogP contribution is -2.48. The van der Waals surface area contributed by atoms with E-state index in [1.54, 1.807) is 16.8 Å². The van der Waals surface area contributed by atoms with E-state index in [9.17, 15) is 14.7 Å². The molecule has 8 heteroatoms. The number of aryl methyl sites for hydroxylation is 1. The molecule has 226 valence electrons. The molecule has 0 saturated carbocycles. The maximum Gasteiger partial charge on any atom is 0.271 e. The number of carbonyl (C=O) groups excluding carboxylic acids is 2. The van der Waals surface area contributed by atoms with Gasteiger partial charge in [0.2, 0.25) is 0 Å². The molecule has 1 aromatic heterocycles. The highest BCUT2D eigenvalue weighted by Gasteiger charge is 2.34. The van der Waals surface area contributed by atoms with E-state index in [1.807, 2.05) is 104 Å². The Morgan fingerprint density at radius 3 is 2.47 bits per heavy atom. The minimum Gasteiger partial charge on any atom is -0.394 e. The zero-order valence-electron chi connectivity index (χ0n) is 25.6. The topological polar surface area (TPSA) is 84.2 Å². The SMILES string of the molecule is CO[C@@H](C(=O)N(C)C[C@@H]1OCc2ccccc2-c2c(n(C)c3ccccc23)C(=O)N([C@H](C)CO)C[C@@H]1C)c1ccccc1. The van der Waals surface area contributed by atoms with Crippen molar-refractivity contribution in [1.29, 1.82) is 0 Å². The highest BCUT2D eigenvalue weighted by molar-refractivity contribution is 6.10. The van der Waals surface area contributed by atoms with Crippen molar-refractivity contribution < 1.29 is 24.2 Å². The summed E-state index contributed by atoms with van der Waals surface area (Å²) in [7, 11) is 5.21. The number of ether oxygens (including phenoxy) is 2. The fourth-order valence-corrected chi connectivity index (χ4v) is 6.09. The molecule has 2 amide bonds. The second-order valence-electron chi connectivity index (χ2n) is 11.5. The molecular formula is C35H41N3O5. The number of carbonyl (C=O) groups is 2. The van der Waals surface area contributed by atoms with Crippen LogP contribution in [-0.2, 0) is 27.9 Å². The molecule has 4 aromatic rings. The Labute approximate surface area is 253 Å². The van der Waals surface area contributed by atoms with E-state index in [4.69, 9.17) is 9.47 Å². The molecule has 0 unspecified atom stereocenters. The molecule has 0 radical (unpaired) electrons. The number of nitrogens with zero attached hydrogens (tertiary/aromatic N) is 3. The third kappa shape index (κ3) is 5.95. The Bertz CT molecular complexity index is 1580. The summed E-state index contributed by atoms with van der Waals surface area (Å²) < 4.78 is 14.2. The van der Waals surface area contributed by atoms with Gasteiger partial charge in [0.1, 0.15) is 5.69 Å². The Balaban J connectivity index is 1.55. The van der Waals surface area contributed by atoms with Crippen molar-refractivity contribution in [1.82, 2.24) is 14.4 Å². The van der Waals surface area contributed by atoms with Crippen LogP contribution < -0.4 is 0 Å². The van der Waals surface area contributed by atoms with Crippen molar-refractivity contribution in [3.8, 4) is 11.1 Å². The van der Waals surface area contributed by atoms with Crippen LogP contribution in [0.1, 0.15) is 41.6 Å². The summed E-state index contributed by atoms with van der Waals surface area (Å²) >= 11 is 0. The lowest BCUT2D eigenvalue weighted by atomic mass is 9.96. The fourth-order valence-electron chi connectivity index (χ4n) is 6.09. The number of hydrogen-bond acceptors (Lipinski definition) is 5. The lowest BCUT2D eigenvalue weighted by molar-refractivity contribution is -0.143. The molecular weight excluding hydrogens is 542 g/mol. The van der Waals surface area contributed by atoms with Crippen LogP contribution in [0.2, 0.25) is 0 Å². The molecule has 43 heavy (non-hydrogen) atoms. The van der Waals surface area contributed by atoms with Crippen LogP contribution in [0.4, 0.5) is 0 Å². The van der Waals surface area contributed by atoms with Crippen molar-refractivity contribution in [3.63, 3.8) is 0 Å². The van der Waals surface area contributed by atoms with E-state index in [2.05, 4.69) is 0 Å². The molecule has 4 atom stereocenters. The van der Waals surface area contributed by atoms with Crippen LogP contribution in [-0.4, -0.2) is 77.3 Å².